The van der Waals surface area contributed by atoms with Gasteiger partial charge >= 0.3 is 5.97 Å². The highest BCUT2D eigenvalue weighted by Crippen LogP contribution is 2.23. The van der Waals surface area contributed by atoms with E-state index in [4.69, 9.17) is 5.11 Å². The van der Waals surface area contributed by atoms with Crippen LogP contribution < -0.4 is 0 Å². The van der Waals surface area contributed by atoms with Crippen LogP contribution in [-0.4, -0.2) is 45.5 Å². The van der Waals surface area contributed by atoms with Gasteiger partial charge < -0.3 is 10.0 Å². The molecule has 1 aliphatic rings. The maximum Gasteiger partial charge on any atom is 0.327 e. The normalized spacial score (nSPS) is 26.6. The summed E-state index contributed by atoms with van der Waals surface area (Å²) in [6.45, 7) is 0.484. The summed E-state index contributed by atoms with van der Waals surface area (Å²) in [6.07, 6.45) is 0.922. The van der Waals surface area contributed by atoms with Crippen LogP contribution in [0.3, 0.4) is 0 Å². The number of hydrogen-bond acceptors (Lipinski definition) is 4. The number of carbonyl (C=O) groups excluding carboxylic acids is 1. The summed E-state index contributed by atoms with van der Waals surface area (Å²) in [7, 11) is 0. The monoisotopic (exact) mass is 235 g/mol. The molecule has 0 aromatic rings. The van der Waals surface area contributed by atoms with Gasteiger partial charge in [0.15, 0.2) is 0 Å². The topological polar surface area (TPSA) is 57.6 Å². The molecule has 1 aliphatic heterocycles. The third-order valence-corrected chi connectivity index (χ3v) is 3.03. The Bertz CT molecular complexity index is 247. The molecule has 1 N–H and O–H groups in total. The van der Waals surface area contributed by atoms with Crippen LogP contribution in [0.1, 0.15) is 12.8 Å². The van der Waals surface area contributed by atoms with Crippen molar-refractivity contribution in [2.45, 2.75) is 24.1 Å². The van der Waals surface area contributed by atoms with E-state index in [1.807, 2.05) is 0 Å². The quantitative estimate of drug-likeness (QED) is 0.616. The second-order valence-corrected chi connectivity index (χ2v) is 4.31. The zero-order valence-electron chi connectivity index (χ0n) is 7.59. The number of carboxylic acid groups (broad SMARTS) is 1. The molecule has 2 atom stereocenters. The SMILES string of the molecule is O=C(O)[C@@H]1[C@@H](S)CCN1C(=O)CCS. The second-order valence-electron chi connectivity index (χ2n) is 3.20. The van der Waals surface area contributed by atoms with Crippen molar-refractivity contribution in [1.29, 1.82) is 0 Å². The second kappa shape index (κ2) is 4.93. The summed E-state index contributed by atoms with van der Waals surface area (Å²) in [4.78, 5) is 23.7. The first-order valence-corrected chi connectivity index (χ1v) is 5.54. The van der Waals surface area contributed by atoms with Gasteiger partial charge in [0.25, 0.3) is 0 Å². The van der Waals surface area contributed by atoms with Crippen LogP contribution in [0.15, 0.2) is 0 Å². The maximum atomic E-state index is 11.5. The summed E-state index contributed by atoms with van der Waals surface area (Å²) in [6, 6.07) is -0.772. The van der Waals surface area contributed by atoms with E-state index in [-0.39, 0.29) is 17.6 Å². The molecule has 0 radical (unpaired) electrons. The molecule has 1 rings (SSSR count). The number of aliphatic carboxylic acids is 1. The molecule has 1 heterocycles. The predicted molar refractivity (Wildman–Crippen MR) is 59.0 cm³/mol. The molecular weight excluding hydrogens is 222 g/mol. The van der Waals surface area contributed by atoms with E-state index >= 15 is 0 Å². The summed E-state index contributed by atoms with van der Waals surface area (Å²) in [5, 5.41) is 8.66. The first kappa shape index (κ1) is 11.7. The number of rotatable bonds is 3. The predicted octanol–water partition coefficient (Wildman–Crippen LogP) is 0.290. The van der Waals surface area contributed by atoms with Crippen LogP contribution >= 0.6 is 25.3 Å². The van der Waals surface area contributed by atoms with E-state index in [1.54, 1.807) is 0 Å². The van der Waals surface area contributed by atoms with E-state index in [0.717, 1.165) is 0 Å². The largest absolute Gasteiger partial charge is 0.480 e. The Labute approximate surface area is 93.5 Å². The van der Waals surface area contributed by atoms with Crippen molar-refractivity contribution in [3.8, 4) is 0 Å². The smallest absolute Gasteiger partial charge is 0.327 e. The molecule has 80 valence electrons. The molecule has 0 aromatic heterocycles. The number of thiol groups is 2. The van der Waals surface area contributed by atoms with Crippen LogP contribution in [-0.2, 0) is 9.59 Å². The van der Waals surface area contributed by atoms with Gasteiger partial charge in [0.1, 0.15) is 6.04 Å². The molecule has 0 unspecified atom stereocenters. The van der Waals surface area contributed by atoms with E-state index in [0.29, 0.717) is 18.7 Å². The molecular formula is C8H13NO3S2. The Morgan fingerprint density at radius 2 is 2.14 bits per heavy atom. The van der Waals surface area contributed by atoms with Gasteiger partial charge in [-0.3, -0.25) is 4.79 Å². The molecule has 0 aromatic carbocycles. The lowest BCUT2D eigenvalue weighted by molar-refractivity contribution is -0.147. The van der Waals surface area contributed by atoms with Crippen molar-refractivity contribution < 1.29 is 14.7 Å². The Hall–Kier alpha value is -0.360. The molecule has 0 saturated carbocycles. The van der Waals surface area contributed by atoms with Crippen LogP contribution in [0, 0.1) is 0 Å². The van der Waals surface area contributed by atoms with Gasteiger partial charge in [-0.25, -0.2) is 4.79 Å². The zero-order valence-corrected chi connectivity index (χ0v) is 9.38. The fourth-order valence-corrected chi connectivity index (χ4v) is 2.19. The van der Waals surface area contributed by atoms with Crippen LogP contribution in [0.4, 0.5) is 0 Å². The van der Waals surface area contributed by atoms with Gasteiger partial charge in [0.05, 0.1) is 0 Å². The fraction of sp³-hybridized carbons (Fsp3) is 0.750. The molecule has 4 nitrogen and oxygen atoms in total. The van der Waals surface area contributed by atoms with Gasteiger partial charge in [-0.1, -0.05) is 0 Å². The average Bonchev–Trinajstić information content (AvgIpc) is 2.47. The average molecular weight is 235 g/mol. The van der Waals surface area contributed by atoms with Crippen molar-refractivity contribution in [2.75, 3.05) is 12.3 Å². The number of hydrogen-bond donors (Lipinski definition) is 3. The minimum atomic E-state index is -0.977. The highest BCUT2D eigenvalue weighted by atomic mass is 32.1. The minimum Gasteiger partial charge on any atom is -0.480 e. The molecule has 1 saturated heterocycles. The van der Waals surface area contributed by atoms with Crippen molar-refractivity contribution >= 4 is 37.1 Å². The number of carbonyl (C=O) groups is 2. The zero-order chi connectivity index (χ0) is 10.7. The first-order chi connectivity index (χ1) is 6.57. The van der Waals surface area contributed by atoms with Gasteiger partial charge in [-0.15, -0.1) is 0 Å². The maximum absolute atomic E-state index is 11.5. The molecule has 1 fully saturated rings. The third kappa shape index (κ3) is 2.36. The molecule has 0 aliphatic carbocycles. The van der Waals surface area contributed by atoms with E-state index in [2.05, 4.69) is 25.3 Å². The van der Waals surface area contributed by atoms with Gasteiger partial charge in [-0.05, 0) is 12.2 Å². The Morgan fingerprint density at radius 1 is 1.50 bits per heavy atom. The standard InChI is InChI=1S/C8H13NO3S2/c10-6(2-4-13)9-3-1-5(14)7(9)8(11)12/h5,7,13-14H,1-4H2,(H,11,12)/t5-,7-/m0/s1. The van der Waals surface area contributed by atoms with Crippen molar-refractivity contribution in [1.82, 2.24) is 4.90 Å². The van der Waals surface area contributed by atoms with Crippen LogP contribution in [0.25, 0.3) is 0 Å². The Balaban J connectivity index is 2.69. The number of carboxylic acids is 1. The van der Waals surface area contributed by atoms with Gasteiger partial charge in [-0.2, -0.15) is 25.3 Å². The lowest BCUT2D eigenvalue weighted by Crippen LogP contribution is -2.43. The number of amides is 1. The number of nitrogens with zero attached hydrogens (tertiary/aromatic N) is 1. The number of likely N-dealkylation sites (tertiary alicyclic amines) is 1. The third-order valence-electron chi connectivity index (χ3n) is 2.27. The molecule has 0 spiro atoms. The van der Waals surface area contributed by atoms with Gasteiger partial charge in [0, 0.05) is 18.2 Å². The fourth-order valence-electron chi connectivity index (χ4n) is 1.59. The highest BCUT2D eigenvalue weighted by Gasteiger charge is 2.39. The van der Waals surface area contributed by atoms with Crippen LogP contribution in [0.5, 0.6) is 0 Å². The molecule has 6 heteroatoms. The Kier molecular flexibility index (Phi) is 4.12. The lowest BCUT2D eigenvalue weighted by Gasteiger charge is -2.22. The van der Waals surface area contributed by atoms with Crippen LogP contribution in [0.2, 0.25) is 0 Å². The summed E-state index contributed by atoms with van der Waals surface area (Å²) < 4.78 is 0. The molecule has 1 amide bonds. The highest BCUT2D eigenvalue weighted by molar-refractivity contribution is 7.81. The molecule has 14 heavy (non-hydrogen) atoms. The summed E-state index contributed by atoms with van der Waals surface area (Å²) in [5.41, 5.74) is 0. The minimum absolute atomic E-state index is 0.149. The van der Waals surface area contributed by atoms with Crippen molar-refractivity contribution in [2.24, 2.45) is 0 Å². The van der Waals surface area contributed by atoms with E-state index in [9.17, 15) is 9.59 Å². The summed E-state index contributed by atoms with van der Waals surface area (Å²) >= 11 is 8.10. The van der Waals surface area contributed by atoms with Crippen molar-refractivity contribution in [3.63, 3.8) is 0 Å². The molecule has 0 bridgehead atoms. The summed E-state index contributed by atoms with van der Waals surface area (Å²) in [5.74, 6) is -0.683. The van der Waals surface area contributed by atoms with E-state index in [1.165, 1.54) is 4.90 Å². The van der Waals surface area contributed by atoms with Crippen molar-refractivity contribution in [3.05, 3.63) is 0 Å². The van der Waals surface area contributed by atoms with Gasteiger partial charge in [0.2, 0.25) is 5.91 Å². The van der Waals surface area contributed by atoms with E-state index < -0.39 is 12.0 Å². The Morgan fingerprint density at radius 3 is 2.64 bits per heavy atom. The first-order valence-electron chi connectivity index (χ1n) is 4.39. The lowest BCUT2D eigenvalue weighted by atomic mass is 10.2.